The third-order valence-corrected chi connectivity index (χ3v) is 3.16. The van der Waals surface area contributed by atoms with Crippen LogP contribution in [0.1, 0.15) is 26.2 Å². The average Bonchev–Trinajstić information content (AvgIpc) is 2.51. The first kappa shape index (κ1) is 10.9. The molecule has 86 valence electrons. The first-order chi connectivity index (χ1) is 7.68. The molecule has 0 aromatic heterocycles. The zero-order valence-corrected chi connectivity index (χ0v) is 9.73. The van der Waals surface area contributed by atoms with Crippen LogP contribution >= 0.6 is 0 Å². The molecule has 2 aliphatic heterocycles. The maximum absolute atomic E-state index is 11.3. The van der Waals surface area contributed by atoms with Crippen LogP contribution in [0.3, 0.4) is 0 Å². The molecule has 0 saturated carbocycles. The zero-order valence-electron chi connectivity index (χ0n) is 9.73. The highest BCUT2D eigenvalue weighted by atomic mass is 16.2. The minimum absolute atomic E-state index is 0.0930. The molecule has 0 aliphatic carbocycles. The lowest BCUT2D eigenvalue weighted by Crippen LogP contribution is -2.47. The fourth-order valence-electron chi connectivity index (χ4n) is 2.03. The van der Waals surface area contributed by atoms with Crippen LogP contribution in [0.15, 0.2) is 28.5 Å². The summed E-state index contributed by atoms with van der Waals surface area (Å²) in [6.07, 6.45) is 8.72. The molecule has 1 N–H and O–H groups in total. The first-order valence-corrected chi connectivity index (χ1v) is 5.58. The molecule has 2 aliphatic rings. The number of allylic oxidation sites excluding steroid dienone is 2. The summed E-state index contributed by atoms with van der Waals surface area (Å²) in [5, 5.41) is 3.39. The van der Waals surface area contributed by atoms with Gasteiger partial charge in [-0.25, -0.2) is 0 Å². The maximum atomic E-state index is 11.3. The maximum Gasteiger partial charge on any atom is 0.220 e. The van der Waals surface area contributed by atoms with E-state index >= 15 is 0 Å². The standard InChI is InChI=1S/C12H17N3O/c1-9(16)15(2)12-4-3-10-5-7-13-8-6-11(10)14-12/h6-8,12,14H,3-5H2,1-2H3. The highest BCUT2D eigenvalue weighted by Gasteiger charge is 2.23. The molecule has 0 fully saturated rings. The summed E-state index contributed by atoms with van der Waals surface area (Å²) in [6.45, 7) is 1.59. The van der Waals surface area contributed by atoms with Crippen LogP contribution in [0, 0.1) is 0 Å². The molecular formula is C12H17N3O. The van der Waals surface area contributed by atoms with Gasteiger partial charge in [0.25, 0.3) is 0 Å². The summed E-state index contributed by atoms with van der Waals surface area (Å²) in [5.41, 5.74) is 2.51. The molecule has 0 radical (unpaired) electrons. The van der Waals surface area contributed by atoms with Gasteiger partial charge in [0.2, 0.25) is 5.91 Å². The normalized spacial score (nSPS) is 23.5. The van der Waals surface area contributed by atoms with Gasteiger partial charge in [-0.3, -0.25) is 9.79 Å². The van der Waals surface area contributed by atoms with Gasteiger partial charge in [-0.1, -0.05) is 0 Å². The molecule has 2 rings (SSSR count). The van der Waals surface area contributed by atoms with Crippen LogP contribution in [-0.4, -0.2) is 30.2 Å². The predicted octanol–water partition coefficient (Wildman–Crippen LogP) is 1.42. The molecular weight excluding hydrogens is 202 g/mol. The van der Waals surface area contributed by atoms with Crippen LogP contribution in [0.4, 0.5) is 0 Å². The number of carbonyl (C=O) groups excluding carboxylic acids is 1. The van der Waals surface area contributed by atoms with Crippen LogP contribution in [0.2, 0.25) is 0 Å². The Bertz CT molecular complexity index is 382. The third kappa shape index (κ3) is 2.15. The van der Waals surface area contributed by atoms with Crippen LogP contribution < -0.4 is 5.32 Å². The highest BCUT2D eigenvalue weighted by molar-refractivity contribution is 5.73. The molecule has 16 heavy (non-hydrogen) atoms. The van der Waals surface area contributed by atoms with E-state index < -0.39 is 0 Å². The van der Waals surface area contributed by atoms with Gasteiger partial charge in [0.15, 0.2) is 0 Å². The van der Waals surface area contributed by atoms with Crippen molar-refractivity contribution in [2.24, 2.45) is 4.99 Å². The highest BCUT2D eigenvalue weighted by Crippen LogP contribution is 2.23. The van der Waals surface area contributed by atoms with E-state index in [4.69, 9.17) is 0 Å². The third-order valence-electron chi connectivity index (χ3n) is 3.16. The predicted molar refractivity (Wildman–Crippen MR) is 63.9 cm³/mol. The van der Waals surface area contributed by atoms with Crippen molar-refractivity contribution >= 4 is 12.1 Å². The minimum atomic E-state index is 0.0930. The fourth-order valence-corrected chi connectivity index (χ4v) is 2.03. The van der Waals surface area contributed by atoms with Crippen molar-refractivity contribution in [1.29, 1.82) is 0 Å². The molecule has 4 heteroatoms. The number of nitrogens with one attached hydrogen (secondary N) is 1. The summed E-state index contributed by atoms with van der Waals surface area (Å²) < 4.78 is 0. The first-order valence-electron chi connectivity index (χ1n) is 5.58. The second-order valence-corrected chi connectivity index (χ2v) is 4.20. The number of amides is 1. The number of aliphatic imine (C=N–C) groups is 1. The fraction of sp³-hybridized carbons (Fsp3) is 0.500. The summed E-state index contributed by atoms with van der Waals surface area (Å²) in [6, 6.07) is 0. The molecule has 2 heterocycles. The van der Waals surface area contributed by atoms with Crippen molar-refractivity contribution in [1.82, 2.24) is 10.2 Å². The summed E-state index contributed by atoms with van der Waals surface area (Å²) >= 11 is 0. The Hall–Kier alpha value is -1.58. The lowest BCUT2D eigenvalue weighted by Gasteiger charge is -2.33. The van der Waals surface area contributed by atoms with E-state index in [1.165, 1.54) is 5.57 Å². The summed E-state index contributed by atoms with van der Waals surface area (Å²) in [7, 11) is 1.84. The Kier molecular flexibility index (Phi) is 3.08. The van der Waals surface area contributed by atoms with E-state index in [-0.39, 0.29) is 12.1 Å². The number of hydrogen-bond donors (Lipinski definition) is 1. The Morgan fingerprint density at radius 1 is 1.62 bits per heavy atom. The summed E-state index contributed by atoms with van der Waals surface area (Å²) in [4.78, 5) is 17.2. The lowest BCUT2D eigenvalue weighted by atomic mass is 9.99. The van der Waals surface area contributed by atoms with Crippen LogP contribution in [0.5, 0.6) is 0 Å². The number of rotatable bonds is 1. The Balaban J connectivity index is 2.12. The van der Waals surface area contributed by atoms with Crippen molar-refractivity contribution < 1.29 is 4.79 Å². The van der Waals surface area contributed by atoms with E-state index in [1.54, 1.807) is 18.0 Å². The van der Waals surface area contributed by atoms with Crippen molar-refractivity contribution in [3.05, 3.63) is 23.5 Å². The SMILES string of the molecule is CC(=O)N(C)C1CCC2=C(C=CN=CC2)N1. The van der Waals surface area contributed by atoms with Gasteiger partial charge in [0.05, 0.1) is 0 Å². The molecule has 1 atom stereocenters. The van der Waals surface area contributed by atoms with Gasteiger partial charge >= 0.3 is 0 Å². The zero-order chi connectivity index (χ0) is 11.5. The second-order valence-electron chi connectivity index (χ2n) is 4.20. The summed E-state index contributed by atoms with van der Waals surface area (Å²) in [5.74, 6) is 0.0930. The molecule has 4 nitrogen and oxygen atoms in total. The van der Waals surface area contributed by atoms with Gasteiger partial charge in [0.1, 0.15) is 6.17 Å². The Morgan fingerprint density at radius 2 is 2.44 bits per heavy atom. The topological polar surface area (TPSA) is 44.7 Å². The Labute approximate surface area is 95.7 Å². The van der Waals surface area contributed by atoms with Crippen molar-refractivity contribution in [2.75, 3.05) is 7.05 Å². The van der Waals surface area contributed by atoms with E-state index in [0.29, 0.717) is 0 Å². The van der Waals surface area contributed by atoms with Crippen LogP contribution in [-0.2, 0) is 4.79 Å². The average molecular weight is 219 g/mol. The molecule has 0 saturated heterocycles. The monoisotopic (exact) mass is 219 g/mol. The number of hydrogen-bond acceptors (Lipinski definition) is 3. The molecule has 0 bridgehead atoms. The number of carbonyl (C=O) groups is 1. The smallest absolute Gasteiger partial charge is 0.220 e. The van der Waals surface area contributed by atoms with E-state index in [0.717, 1.165) is 25.0 Å². The van der Waals surface area contributed by atoms with Crippen molar-refractivity contribution in [3.8, 4) is 0 Å². The van der Waals surface area contributed by atoms with E-state index in [1.807, 2.05) is 19.3 Å². The van der Waals surface area contributed by atoms with Gasteiger partial charge in [-0.05, 0) is 24.5 Å². The quantitative estimate of drug-likeness (QED) is 0.725. The minimum Gasteiger partial charge on any atom is -0.365 e. The van der Waals surface area contributed by atoms with Crippen molar-refractivity contribution in [2.45, 2.75) is 32.4 Å². The second kappa shape index (κ2) is 4.51. The molecule has 0 spiro atoms. The van der Waals surface area contributed by atoms with Gasteiger partial charge in [-0.2, -0.15) is 0 Å². The van der Waals surface area contributed by atoms with Crippen molar-refractivity contribution in [3.63, 3.8) is 0 Å². The molecule has 0 aromatic rings. The lowest BCUT2D eigenvalue weighted by molar-refractivity contribution is -0.130. The van der Waals surface area contributed by atoms with Crippen LogP contribution in [0.25, 0.3) is 0 Å². The molecule has 1 amide bonds. The number of nitrogens with zero attached hydrogens (tertiary/aromatic N) is 2. The van der Waals surface area contributed by atoms with E-state index in [2.05, 4.69) is 10.3 Å². The largest absolute Gasteiger partial charge is 0.365 e. The molecule has 0 aromatic carbocycles. The Morgan fingerprint density at radius 3 is 3.19 bits per heavy atom. The molecule has 1 unspecified atom stereocenters. The van der Waals surface area contributed by atoms with Gasteiger partial charge in [0, 0.05) is 38.5 Å². The van der Waals surface area contributed by atoms with Gasteiger partial charge in [-0.15, -0.1) is 0 Å². The van der Waals surface area contributed by atoms with E-state index in [9.17, 15) is 4.79 Å². The van der Waals surface area contributed by atoms with Gasteiger partial charge < -0.3 is 10.2 Å².